The third-order valence-electron chi connectivity index (χ3n) is 0.713. The van der Waals surface area contributed by atoms with Gasteiger partial charge in [-0.15, -0.1) is 12.4 Å². The molecule has 8 heavy (non-hydrogen) atoms. The van der Waals surface area contributed by atoms with Gasteiger partial charge in [0.1, 0.15) is 0 Å². The van der Waals surface area contributed by atoms with Crippen LogP contribution in [0.3, 0.4) is 0 Å². The summed E-state index contributed by atoms with van der Waals surface area (Å²) in [4.78, 5) is 0. The lowest BCUT2D eigenvalue weighted by Crippen LogP contribution is -2.20. The number of aliphatic hydroxyl groups excluding tert-OH is 1. The summed E-state index contributed by atoms with van der Waals surface area (Å²) < 4.78 is 0. The maximum atomic E-state index is 8.64. The topological polar surface area (TPSA) is 46.2 Å². The van der Waals surface area contributed by atoms with Crippen molar-refractivity contribution in [2.24, 2.45) is 5.73 Å². The van der Waals surface area contributed by atoms with E-state index in [1.165, 1.54) is 0 Å². The van der Waals surface area contributed by atoms with Crippen LogP contribution in [-0.2, 0) is 0 Å². The first-order chi connectivity index (χ1) is 3.13. The molecule has 2 nitrogen and oxygen atoms in total. The molecular weight excluding hydrogens is 126 g/mol. The maximum absolute atomic E-state index is 8.64. The van der Waals surface area contributed by atoms with Crippen molar-refractivity contribution in [3.63, 3.8) is 0 Å². The van der Waals surface area contributed by atoms with Crippen LogP contribution < -0.4 is 5.73 Å². The van der Waals surface area contributed by atoms with Crippen LogP contribution in [0.1, 0.15) is 20.3 Å². The molecule has 0 spiro atoms. The summed E-state index contributed by atoms with van der Waals surface area (Å²) in [5.41, 5.74) is 5.33. The number of halogens is 1. The van der Waals surface area contributed by atoms with E-state index < -0.39 is 0 Å². The van der Waals surface area contributed by atoms with Gasteiger partial charge < -0.3 is 10.8 Å². The van der Waals surface area contributed by atoms with Gasteiger partial charge in [0.25, 0.3) is 0 Å². The Hall–Kier alpha value is 0.210. The van der Waals surface area contributed by atoms with Crippen LogP contribution in [0.4, 0.5) is 0 Å². The first-order valence-electron chi connectivity index (χ1n) is 2.56. The van der Waals surface area contributed by atoms with E-state index in [0.717, 1.165) is 0 Å². The fourth-order valence-electron chi connectivity index (χ4n) is 0.538. The van der Waals surface area contributed by atoms with Gasteiger partial charge in [-0.25, -0.2) is 0 Å². The molecule has 3 N–H and O–H groups in total. The van der Waals surface area contributed by atoms with Crippen molar-refractivity contribution >= 4 is 12.4 Å². The van der Waals surface area contributed by atoms with Gasteiger partial charge in [0, 0.05) is 6.04 Å². The summed E-state index contributed by atoms with van der Waals surface area (Å²) in [6, 6.07) is 0.125. The van der Waals surface area contributed by atoms with Crippen molar-refractivity contribution in [3.8, 4) is 0 Å². The molecule has 0 rings (SSSR count). The molecule has 0 bridgehead atoms. The van der Waals surface area contributed by atoms with Crippen LogP contribution in [0.15, 0.2) is 0 Å². The number of rotatable bonds is 2. The van der Waals surface area contributed by atoms with Gasteiger partial charge in [-0.2, -0.15) is 0 Å². The highest BCUT2D eigenvalue weighted by Gasteiger charge is 1.97. The Kier molecular flexibility index (Phi) is 7.40. The highest BCUT2D eigenvalue weighted by molar-refractivity contribution is 5.85. The van der Waals surface area contributed by atoms with Crippen LogP contribution in [0.5, 0.6) is 0 Å². The number of hydrogen-bond acceptors (Lipinski definition) is 2. The zero-order valence-electron chi connectivity index (χ0n) is 5.29. The quantitative estimate of drug-likeness (QED) is 0.586. The van der Waals surface area contributed by atoms with Crippen molar-refractivity contribution in [3.05, 3.63) is 0 Å². The Morgan fingerprint density at radius 2 is 1.88 bits per heavy atom. The van der Waals surface area contributed by atoms with E-state index in [9.17, 15) is 0 Å². The Labute approximate surface area is 56.5 Å². The first kappa shape index (κ1) is 11.1. The number of aliphatic hydroxyl groups is 1. The van der Waals surface area contributed by atoms with Crippen molar-refractivity contribution in [2.75, 3.05) is 0 Å². The molecule has 0 amide bonds. The van der Waals surface area contributed by atoms with Crippen LogP contribution >= 0.6 is 12.4 Å². The van der Waals surface area contributed by atoms with E-state index in [2.05, 4.69) is 0 Å². The fraction of sp³-hybridized carbons (Fsp3) is 1.00. The standard InChI is InChI=1S/C5H13NO.ClH/c1-4(6)3-5(2)7;/h4-5,7H,3,6H2,1-2H3;1H/t4-,5+;/m0./s1. The molecular formula is C5H14ClNO. The van der Waals surface area contributed by atoms with Crippen LogP contribution in [0.2, 0.25) is 0 Å². The molecule has 0 aliphatic carbocycles. The Morgan fingerprint density at radius 1 is 1.50 bits per heavy atom. The van der Waals surface area contributed by atoms with E-state index in [4.69, 9.17) is 10.8 Å². The largest absolute Gasteiger partial charge is 0.393 e. The van der Waals surface area contributed by atoms with Crippen LogP contribution in [-0.4, -0.2) is 17.3 Å². The third kappa shape index (κ3) is 9.51. The Balaban J connectivity index is 0. The summed E-state index contributed by atoms with van der Waals surface area (Å²) in [5.74, 6) is 0. The average Bonchev–Trinajstić information content (AvgIpc) is 1.27. The number of nitrogens with two attached hydrogens (primary N) is 1. The molecule has 0 unspecified atom stereocenters. The average molecular weight is 140 g/mol. The lowest BCUT2D eigenvalue weighted by molar-refractivity contribution is 0.177. The highest BCUT2D eigenvalue weighted by Crippen LogP contribution is 1.91. The monoisotopic (exact) mass is 139 g/mol. The van der Waals surface area contributed by atoms with Gasteiger partial charge in [-0.05, 0) is 20.3 Å². The molecule has 2 atom stereocenters. The molecule has 0 saturated carbocycles. The third-order valence-corrected chi connectivity index (χ3v) is 0.713. The maximum Gasteiger partial charge on any atom is 0.0526 e. The minimum absolute atomic E-state index is 0. The molecule has 0 radical (unpaired) electrons. The molecule has 0 fully saturated rings. The summed E-state index contributed by atoms with van der Waals surface area (Å²) >= 11 is 0. The smallest absolute Gasteiger partial charge is 0.0526 e. The van der Waals surface area contributed by atoms with Crippen molar-refractivity contribution < 1.29 is 5.11 Å². The summed E-state index contributed by atoms with van der Waals surface area (Å²) in [7, 11) is 0. The molecule has 0 aromatic heterocycles. The van der Waals surface area contributed by atoms with E-state index in [-0.39, 0.29) is 24.6 Å². The Morgan fingerprint density at radius 3 is 1.88 bits per heavy atom. The van der Waals surface area contributed by atoms with Crippen LogP contribution in [0, 0.1) is 0 Å². The number of hydrogen-bond donors (Lipinski definition) is 2. The highest BCUT2D eigenvalue weighted by atomic mass is 35.5. The summed E-state index contributed by atoms with van der Waals surface area (Å²) in [5, 5.41) is 8.64. The first-order valence-corrected chi connectivity index (χ1v) is 2.56. The van der Waals surface area contributed by atoms with E-state index in [1.54, 1.807) is 6.92 Å². The predicted molar refractivity (Wildman–Crippen MR) is 37.2 cm³/mol. The molecule has 0 saturated heterocycles. The predicted octanol–water partition coefficient (Wildman–Crippen LogP) is 0.526. The fourth-order valence-corrected chi connectivity index (χ4v) is 0.538. The molecule has 52 valence electrons. The SMILES string of the molecule is C[C@H](N)C[C@@H](C)O.Cl. The summed E-state index contributed by atoms with van der Waals surface area (Å²) in [6.07, 6.45) is 0.444. The zero-order valence-corrected chi connectivity index (χ0v) is 6.11. The molecule has 0 heterocycles. The molecule has 0 aromatic rings. The minimum atomic E-state index is -0.250. The van der Waals surface area contributed by atoms with Gasteiger partial charge in [-0.1, -0.05) is 0 Å². The van der Waals surface area contributed by atoms with Gasteiger partial charge in [0.2, 0.25) is 0 Å². The second kappa shape index (κ2) is 5.35. The van der Waals surface area contributed by atoms with Crippen LogP contribution in [0.25, 0.3) is 0 Å². The zero-order chi connectivity index (χ0) is 5.86. The molecule has 3 heteroatoms. The van der Waals surface area contributed by atoms with Gasteiger partial charge >= 0.3 is 0 Å². The summed E-state index contributed by atoms with van der Waals surface area (Å²) in [6.45, 7) is 3.62. The lowest BCUT2D eigenvalue weighted by atomic mass is 10.2. The Bertz CT molecular complexity index is 41.7. The van der Waals surface area contributed by atoms with Crippen molar-refractivity contribution in [1.82, 2.24) is 0 Å². The second-order valence-electron chi connectivity index (χ2n) is 2.06. The molecule has 0 aliphatic heterocycles. The van der Waals surface area contributed by atoms with Gasteiger partial charge in [0.05, 0.1) is 6.10 Å². The van der Waals surface area contributed by atoms with E-state index in [0.29, 0.717) is 6.42 Å². The molecule has 0 aliphatic rings. The van der Waals surface area contributed by atoms with Gasteiger partial charge in [0.15, 0.2) is 0 Å². The van der Waals surface area contributed by atoms with Crippen molar-refractivity contribution in [2.45, 2.75) is 32.4 Å². The lowest BCUT2D eigenvalue weighted by Gasteiger charge is -2.05. The molecule has 0 aromatic carbocycles. The van der Waals surface area contributed by atoms with E-state index >= 15 is 0 Å². The minimum Gasteiger partial charge on any atom is -0.393 e. The van der Waals surface area contributed by atoms with Gasteiger partial charge in [-0.3, -0.25) is 0 Å². The van der Waals surface area contributed by atoms with E-state index in [1.807, 2.05) is 6.92 Å². The normalized spacial score (nSPS) is 16.5. The second-order valence-corrected chi connectivity index (χ2v) is 2.06. The van der Waals surface area contributed by atoms with Crippen molar-refractivity contribution in [1.29, 1.82) is 0 Å².